The van der Waals surface area contributed by atoms with E-state index in [9.17, 15) is 19.4 Å². The second kappa shape index (κ2) is 50.2. The van der Waals surface area contributed by atoms with Gasteiger partial charge < -0.3 is 28.8 Å². The molecule has 1 amide bonds. The number of aliphatic hydroxyl groups excluding tert-OH is 1. The highest BCUT2D eigenvalue weighted by atomic mass is 31.2. The molecule has 0 aliphatic carbocycles. The van der Waals surface area contributed by atoms with Crippen molar-refractivity contribution in [1.29, 1.82) is 0 Å². The Bertz CT molecular complexity index is 1290. The Kier molecular flexibility index (Phi) is 48.8. The Balaban J connectivity index is 4.25. The summed E-state index contributed by atoms with van der Waals surface area (Å²) < 4.78 is 23.3. The number of hydrogen-bond acceptors (Lipinski definition) is 6. The third-order valence-corrected chi connectivity index (χ3v) is 13.6. The van der Waals surface area contributed by atoms with Crippen LogP contribution in [-0.4, -0.2) is 68.5 Å². The van der Waals surface area contributed by atoms with Crippen LogP contribution in [0.25, 0.3) is 0 Å². The van der Waals surface area contributed by atoms with Gasteiger partial charge >= 0.3 is 0 Å². The molecular formula is C59H111N2O6P. The zero-order valence-corrected chi connectivity index (χ0v) is 46.2. The number of rotatable bonds is 52. The smallest absolute Gasteiger partial charge is 0.268 e. The van der Waals surface area contributed by atoms with Crippen LogP contribution in [0, 0.1) is 0 Å². The van der Waals surface area contributed by atoms with Crippen LogP contribution in [0.5, 0.6) is 0 Å². The molecule has 8 nitrogen and oxygen atoms in total. The summed E-state index contributed by atoms with van der Waals surface area (Å²) in [7, 11) is 1.22. The first-order valence-electron chi connectivity index (χ1n) is 28.7. The molecule has 2 N–H and O–H groups in total. The second-order valence-corrected chi connectivity index (χ2v) is 22.0. The number of amides is 1. The zero-order valence-electron chi connectivity index (χ0n) is 45.3. The minimum absolute atomic E-state index is 0.0138. The second-order valence-electron chi connectivity index (χ2n) is 20.6. The lowest BCUT2D eigenvalue weighted by Gasteiger charge is -2.29. The number of aliphatic hydroxyl groups is 1. The van der Waals surface area contributed by atoms with Crippen LogP contribution >= 0.6 is 7.82 Å². The number of quaternary nitrogens is 1. The number of phosphoric acid groups is 1. The van der Waals surface area contributed by atoms with Crippen molar-refractivity contribution >= 4 is 13.7 Å². The molecule has 68 heavy (non-hydrogen) atoms. The maximum Gasteiger partial charge on any atom is 0.268 e. The summed E-state index contributed by atoms with van der Waals surface area (Å²) in [6.45, 7) is 4.60. The van der Waals surface area contributed by atoms with Crippen LogP contribution in [0.2, 0.25) is 0 Å². The zero-order chi connectivity index (χ0) is 49.9. The van der Waals surface area contributed by atoms with Crippen LogP contribution in [0.15, 0.2) is 60.8 Å². The molecule has 0 saturated heterocycles. The monoisotopic (exact) mass is 975 g/mol. The molecule has 0 aromatic rings. The molecule has 0 aromatic carbocycles. The number of carbonyl (C=O) groups is 1. The van der Waals surface area contributed by atoms with Gasteiger partial charge in [-0.3, -0.25) is 9.36 Å². The van der Waals surface area contributed by atoms with E-state index in [1.807, 2.05) is 27.2 Å². The molecular weight excluding hydrogens is 864 g/mol. The van der Waals surface area contributed by atoms with Crippen molar-refractivity contribution in [2.75, 3.05) is 40.9 Å². The molecule has 0 radical (unpaired) electrons. The quantitative estimate of drug-likeness (QED) is 0.0272. The van der Waals surface area contributed by atoms with Crippen molar-refractivity contribution in [1.82, 2.24) is 5.32 Å². The average molecular weight is 976 g/mol. The topological polar surface area (TPSA) is 108 Å². The van der Waals surface area contributed by atoms with Gasteiger partial charge in [0, 0.05) is 6.42 Å². The molecule has 0 aliphatic rings. The van der Waals surface area contributed by atoms with Gasteiger partial charge in [0.05, 0.1) is 39.9 Å². The standard InChI is InChI=1S/C59H111N2O6P/c1-6-8-10-12-14-16-18-20-22-24-25-26-27-28-29-30-31-32-33-34-35-36-37-38-40-42-44-46-48-50-52-58(62)57(56-67-68(64,65)66-55-54-61(3,4)5)60-59(63)53-51-49-47-45-43-41-39-23-21-19-17-15-13-11-9-7-2/h17,19,23,36-37,39,42,44,50,52,57-58,62H,6-16,18,20-22,24-35,38,40-41,43,45-49,51,53-56H2,1-5H3,(H-,60,63,64,65)/b19-17-,37-36+,39-23-,44-42+,52-50+. The van der Waals surface area contributed by atoms with Gasteiger partial charge in [0.1, 0.15) is 13.2 Å². The van der Waals surface area contributed by atoms with Crippen LogP contribution in [-0.2, 0) is 18.4 Å². The molecule has 0 fully saturated rings. The highest BCUT2D eigenvalue weighted by Crippen LogP contribution is 2.38. The van der Waals surface area contributed by atoms with E-state index >= 15 is 0 Å². The van der Waals surface area contributed by atoms with E-state index < -0.39 is 26.6 Å². The molecule has 0 bridgehead atoms. The van der Waals surface area contributed by atoms with Crippen molar-refractivity contribution in [3.05, 3.63) is 60.8 Å². The Morgan fingerprint density at radius 3 is 1.29 bits per heavy atom. The molecule has 398 valence electrons. The van der Waals surface area contributed by atoms with Gasteiger partial charge in [-0.1, -0.05) is 235 Å². The predicted molar refractivity (Wildman–Crippen MR) is 293 cm³/mol. The highest BCUT2D eigenvalue weighted by Gasteiger charge is 2.23. The summed E-state index contributed by atoms with van der Waals surface area (Å²) in [6.07, 6.45) is 67.4. The SMILES string of the molecule is CCCCCC/C=C\C/C=C\CCCCCCCC(=O)NC(COP(=O)([O-])OCC[N+](C)(C)C)C(O)/C=C/CC/C=C/CC/C=C/CCCCCCCCCCCCCCCCCCCCCC. The van der Waals surface area contributed by atoms with Gasteiger partial charge in [-0.25, -0.2) is 0 Å². The first-order valence-corrected chi connectivity index (χ1v) is 30.1. The normalized spacial score (nSPS) is 14.4. The first kappa shape index (κ1) is 66.2. The summed E-state index contributed by atoms with van der Waals surface area (Å²) >= 11 is 0. The number of hydrogen-bond donors (Lipinski definition) is 2. The van der Waals surface area contributed by atoms with E-state index in [-0.39, 0.29) is 12.5 Å². The Morgan fingerprint density at radius 1 is 0.515 bits per heavy atom. The van der Waals surface area contributed by atoms with E-state index in [0.29, 0.717) is 17.4 Å². The van der Waals surface area contributed by atoms with Gasteiger partial charge in [-0.2, -0.15) is 0 Å². The number of likely N-dealkylation sites (N-methyl/N-ethyl adjacent to an activating group) is 1. The average Bonchev–Trinajstić information content (AvgIpc) is 3.30. The minimum Gasteiger partial charge on any atom is -0.756 e. The lowest BCUT2D eigenvalue weighted by molar-refractivity contribution is -0.870. The molecule has 3 unspecified atom stereocenters. The van der Waals surface area contributed by atoms with E-state index in [1.54, 1.807) is 6.08 Å². The molecule has 3 atom stereocenters. The summed E-state index contributed by atoms with van der Waals surface area (Å²) in [6, 6.07) is -0.920. The van der Waals surface area contributed by atoms with Crippen LogP contribution < -0.4 is 10.2 Å². The molecule has 0 saturated carbocycles. The highest BCUT2D eigenvalue weighted by molar-refractivity contribution is 7.45. The number of phosphoric ester groups is 1. The summed E-state index contributed by atoms with van der Waals surface area (Å²) in [5.74, 6) is -0.225. The van der Waals surface area contributed by atoms with Crippen LogP contribution in [0.1, 0.15) is 258 Å². The molecule has 0 rings (SSSR count). The van der Waals surface area contributed by atoms with E-state index in [4.69, 9.17) is 9.05 Å². The fourth-order valence-electron chi connectivity index (χ4n) is 8.16. The fraction of sp³-hybridized carbons (Fsp3) is 0.814. The number of nitrogens with one attached hydrogen (secondary N) is 1. The minimum atomic E-state index is -4.61. The van der Waals surface area contributed by atoms with E-state index in [1.165, 1.54) is 167 Å². The van der Waals surface area contributed by atoms with E-state index in [2.05, 4.69) is 67.8 Å². The van der Waals surface area contributed by atoms with Gasteiger partial charge in [0.2, 0.25) is 5.91 Å². The Morgan fingerprint density at radius 2 is 0.868 bits per heavy atom. The molecule has 9 heteroatoms. The number of allylic oxidation sites excluding steroid dienone is 9. The van der Waals surface area contributed by atoms with Crippen molar-refractivity contribution in [2.45, 2.75) is 270 Å². The third-order valence-electron chi connectivity index (χ3n) is 12.7. The summed E-state index contributed by atoms with van der Waals surface area (Å²) in [4.78, 5) is 25.4. The Hall–Kier alpha value is -1.80. The number of carbonyl (C=O) groups excluding carboxylic acids is 1. The maximum atomic E-state index is 12.9. The number of nitrogens with zero attached hydrogens (tertiary/aromatic N) is 1. The van der Waals surface area contributed by atoms with E-state index in [0.717, 1.165) is 70.6 Å². The fourth-order valence-corrected chi connectivity index (χ4v) is 8.88. The first-order chi connectivity index (χ1) is 33.0. The molecule has 0 spiro atoms. The van der Waals surface area contributed by atoms with Gasteiger partial charge in [-0.05, 0) is 77.0 Å². The third kappa shape index (κ3) is 52.0. The lowest BCUT2D eigenvalue weighted by Crippen LogP contribution is -2.45. The van der Waals surface area contributed by atoms with Gasteiger partial charge in [0.25, 0.3) is 7.82 Å². The van der Waals surface area contributed by atoms with Gasteiger partial charge in [-0.15, -0.1) is 0 Å². The van der Waals surface area contributed by atoms with Crippen molar-refractivity contribution in [3.63, 3.8) is 0 Å². The molecule has 0 aliphatic heterocycles. The van der Waals surface area contributed by atoms with Crippen molar-refractivity contribution < 1.29 is 32.9 Å². The lowest BCUT2D eigenvalue weighted by atomic mass is 10.0. The Labute approximate surface area is 422 Å². The van der Waals surface area contributed by atoms with Crippen LogP contribution in [0.4, 0.5) is 0 Å². The largest absolute Gasteiger partial charge is 0.756 e. The molecule has 0 aromatic heterocycles. The molecule has 0 heterocycles. The van der Waals surface area contributed by atoms with Crippen LogP contribution in [0.3, 0.4) is 0 Å². The van der Waals surface area contributed by atoms with Crippen molar-refractivity contribution in [2.24, 2.45) is 0 Å². The number of unbranched alkanes of at least 4 members (excludes halogenated alkanes) is 31. The van der Waals surface area contributed by atoms with Gasteiger partial charge in [0.15, 0.2) is 0 Å². The maximum absolute atomic E-state index is 12.9. The summed E-state index contributed by atoms with van der Waals surface area (Å²) in [5.41, 5.74) is 0. The van der Waals surface area contributed by atoms with Crippen molar-refractivity contribution in [3.8, 4) is 0 Å². The predicted octanol–water partition coefficient (Wildman–Crippen LogP) is 16.7. The summed E-state index contributed by atoms with van der Waals surface area (Å²) in [5, 5.41) is 13.8.